The summed E-state index contributed by atoms with van der Waals surface area (Å²) in [5, 5.41) is 0.780. The zero-order chi connectivity index (χ0) is 16.8. The van der Waals surface area contributed by atoms with Crippen molar-refractivity contribution in [3.8, 4) is 0 Å². The molecule has 1 aromatic carbocycles. The monoisotopic (exact) mass is 350 g/mol. The highest BCUT2D eigenvalue weighted by Crippen LogP contribution is 2.22. The molecule has 4 nitrogen and oxygen atoms in total. The zero-order valence-corrected chi connectivity index (χ0v) is 15.0. The highest BCUT2D eigenvalue weighted by molar-refractivity contribution is 6.30. The first-order chi connectivity index (χ1) is 11.7. The van der Waals surface area contributed by atoms with Crippen LogP contribution in [0.25, 0.3) is 0 Å². The van der Waals surface area contributed by atoms with Gasteiger partial charge in [-0.05, 0) is 49.4 Å². The van der Waals surface area contributed by atoms with Crippen LogP contribution in [-0.4, -0.2) is 61.6 Å². The van der Waals surface area contributed by atoms with Crippen LogP contribution in [0.15, 0.2) is 24.3 Å². The third-order valence-electron chi connectivity index (χ3n) is 5.04. The lowest BCUT2D eigenvalue weighted by Crippen LogP contribution is -2.37. The van der Waals surface area contributed by atoms with E-state index in [2.05, 4.69) is 21.9 Å². The lowest BCUT2D eigenvalue weighted by Gasteiger charge is -2.26. The van der Waals surface area contributed by atoms with Crippen molar-refractivity contribution in [2.45, 2.75) is 25.7 Å². The molecule has 24 heavy (non-hydrogen) atoms. The third-order valence-corrected chi connectivity index (χ3v) is 5.30. The van der Waals surface area contributed by atoms with E-state index in [9.17, 15) is 4.79 Å². The van der Waals surface area contributed by atoms with Gasteiger partial charge in [0.15, 0.2) is 0 Å². The van der Waals surface area contributed by atoms with Gasteiger partial charge in [0.25, 0.3) is 0 Å². The molecule has 2 fully saturated rings. The van der Waals surface area contributed by atoms with Crippen molar-refractivity contribution in [2.75, 3.05) is 45.9 Å². The first-order valence-corrected chi connectivity index (χ1v) is 9.41. The van der Waals surface area contributed by atoms with Crippen molar-refractivity contribution >= 4 is 17.5 Å². The fourth-order valence-corrected chi connectivity index (χ4v) is 3.74. The molecule has 132 valence electrons. The summed E-state index contributed by atoms with van der Waals surface area (Å²) in [5.41, 5.74) is 1.31. The van der Waals surface area contributed by atoms with E-state index in [4.69, 9.17) is 16.3 Å². The Hall–Kier alpha value is -1.10. The van der Waals surface area contributed by atoms with E-state index in [0.29, 0.717) is 18.2 Å². The second kappa shape index (κ2) is 8.84. The van der Waals surface area contributed by atoms with E-state index in [0.717, 1.165) is 70.2 Å². The number of carbonyl (C=O) groups excluding carboxylic acids is 1. The number of carbonyl (C=O) groups is 1. The molecule has 2 aliphatic rings. The van der Waals surface area contributed by atoms with Crippen molar-refractivity contribution in [3.63, 3.8) is 0 Å². The summed E-state index contributed by atoms with van der Waals surface area (Å²) < 4.78 is 5.35. The lowest BCUT2D eigenvalue weighted by atomic mass is 9.99. The van der Waals surface area contributed by atoms with E-state index >= 15 is 0 Å². The first kappa shape index (κ1) is 17.7. The van der Waals surface area contributed by atoms with E-state index in [-0.39, 0.29) is 0 Å². The molecule has 3 rings (SSSR count). The van der Waals surface area contributed by atoms with Crippen molar-refractivity contribution < 1.29 is 9.53 Å². The van der Waals surface area contributed by atoms with Crippen LogP contribution in [0, 0.1) is 5.92 Å². The van der Waals surface area contributed by atoms with Crippen LogP contribution in [0.4, 0.5) is 0 Å². The summed E-state index contributed by atoms with van der Waals surface area (Å²) in [6.45, 7) is 6.48. The molecule has 0 saturated carbocycles. The normalized spacial score (nSPS) is 22.0. The second-order valence-corrected chi connectivity index (χ2v) is 7.32. The number of benzene rings is 1. The predicted octanol–water partition coefficient (Wildman–Crippen LogP) is 2.84. The Morgan fingerprint density at radius 1 is 1.17 bits per heavy atom. The minimum absolute atomic E-state index is 0.321. The molecule has 1 unspecified atom stereocenters. The predicted molar refractivity (Wildman–Crippen MR) is 96.3 cm³/mol. The Labute approximate surface area is 149 Å². The molecule has 0 N–H and O–H groups in total. The summed E-state index contributed by atoms with van der Waals surface area (Å²) in [5.74, 6) is 0.899. The van der Waals surface area contributed by atoms with Gasteiger partial charge in [0.2, 0.25) is 5.91 Å². The summed E-state index contributed by atoms with van der Waals surface area (Å²) in [7, 11) is 0. The number of morpholine rings is 1. The van der Waals surface area contributed by atoms with Gasteiger partial charge in [0.05, 0.1) is 13.2 Å². The van der Waals surface area contributed by atoms with Crippen LogP contribution in [0.3, 0.4) is 0 Å². The lowest BCUT2D eigenvalue weighted by molar-refractivity contribution is -0.130. The Morgan fingerprint density at radius 2 is 1.92 bits per heavy atom. The van der Waals surface area contributed by atoms with Crippen molar-refractivity contribution in [3.05, 3.63) is 34.9 Å². The molecular weight excluding hydrogens is 324 g/mol. The topological polar surface area (TPSA) is 32.8 Å². The third kappa shape index (κ3) is 5.20. The van der Waals surface area contributed by atoms with Gasteiger partial charge in [-0.15, -0.1) is 0 Å². The second-order valence-electron chi connectivity index (χ2n) is 6.88. The largest absolute Gasteiger partial charge is 0.379 e. The number of amides is 1. The zero-order valence-electron chi connectivity index (χ0n) is 14.3. The highest BCUT2D eigenvalue weighted by atomic mass is 35.5. The quantitative estimate of drug-likeness (QED) is 0.791. The molecule has 0 bridgehead atoms. The Morgan fingerprint density at radius 3 is 2.67 bits per heavy atom. The van der Waals surface area contributed by atoms with Gasteiger partial charge in [0, 0.05) is 37.6 Å². The van der Waals surface area contributed by atoms with Gasteiger partial charge in [-0.2, -0.15) is 0 Å². The maximum Gasteiger partial charge on any atom is 0.222 e. The average molecular weight is 351 g/mol. The molecule has 2 aliphatic heterocycles. The van der Waals surface area contributed by atoms with Gasteiger partial charge in [-0.3, -0.25) is 9.69 Å². The van der Waals surface area contributed by atoms with Crippen LogP contribution in [0.1, 0.15) is 24.8 Å². The van der Waals surface area contributed by atoms with Gasteiger partial charge in [-0.25, -0.2) is 0 Å². The molecular formula is C19H27ClN2O2. The first-order valence-electron chi connectivity index (χ1n) is 9.03. The van der Waals surface area contributed by atoms with Gasteiger partial charge in [-0.1, -0.05) is 23.7 Å². The molecule has 2 saturated heterocycles. The number of hydrogen-bond donors (Lipinski definition) is 0. The molecule has 0 aromatic heterocycles. The molecule has 0 radical (unpaired) electrons. The van der Waals surface area contributed by atoms with Crippen LogP contribution >= 0.6 is 11.6 Å². The standard InChI is InChI=1S/C19H27ClN2O2/c20-18-5-3-16(4-6-18)14-17-7-9-22(15-17)19(23)2-1-8-21-10-12-24-13-11-21/h3-6,17H,1-2,7-15H2. The molecule has 2 heterocycles. The van der Waals surface area contributed by atoms with Gasteiger partial charge < -0.3 is 9.64 Å². The average Bonchev–Trinajstić information content (AvgIpc) is 3.06. The molecule has 5 heteroatoms. The van der Waals surface area contributed by atoms with E-state index in [1.54, 1.807) is 0 Å². The minimum Gasteiger partial charge on any atom is -0.379 e. The number of ether oxygens (including phenoxy) is 1. The smallest absolute Gasteiger partial charge is 0.222 e. The summed E-state index contributed by atoms with van der Waals surface area (Å²) >= 11 is 5.93. The van der Waals surface area contributed by atoms with Crippen molar-refractivity contribution in [2.24, 2.45) is 5.92 Å². The van der Waals surface area contributed by atoms with E-state index in [1.165, 1.54) is 5.56 Å². The molecule has 0 aliphatic carbocycles. The molecule has 0 spiro atoms. The fraction of sp³-hybridized carbons (Fsp3) is 0.632. The van der Waals surface area contributed by atoms with Crippen molar-refractivity contribution in [1.82, 2.24) is 9.80 Å². The molecule has 1 aromatic rings. The summed E-state index contributed by atoms with van der Waals surface area (Å²) in [6, 6.07) is 8.07. The van der Waals surface area contributed by atoms with Crippen LogP contribution in [-0.2, 0) is 16.0 Å². The number of hydrogen-bond acceptors (Lipinski definition) is 3. The Kier molecular flexibility index (Phi) is 6.52. The van der Waals surface area contributed by atoms with Gasteiger partial charge >= 0.3 is 0 Å². The number of halogens is 1. The summed E-state index contributed by atoms with van der Waals surface area (Å²) in [6.07, 6.45) is 3.77. The molecule has 1 amide bonds. The number of nitrogens with zero attached hydrogens (tertiary/aromatic N) is 2. The van der Waals surface area contributed by atoms with Crippen molar-refractivity contribution in [1.29, 1.82) is 0 Å². The van der Waals surface area contributed by atoms with Crippen LogP contribution in [0.2, 0.25) is 5.02 Å². The van der Waals surface area contributed by atoms with Crippen LogP contribution < -0.4 is 0 Å². The highest BCUT2D eigenvalue weighted by Gasteiger charge is 2.26. The number of rotatable bonds is 6. The Balaban J connectivity index is 1.36. The van der Waals surface area contributed by atoms with E-state index < -0.39 is 0 Å². The maximum atomic E-state index is 12.4. The van der Waals surface area contributed by atoms with Gasteiger partial charge in [0.1, 0.15) is 0 Å². The minimum atomic E-state index is 0.321. The Bertz CT molecular complexity index is 529. The maximum absolute atomic E-state index is 12.4. The molecule has 1 atom stereocenters. The number of likely N-dealkylation sites (tertiary alicyclic amines) is 1. The SMILES string of the molecule is O=C(CCCN1CCOCC1)N1CCC(Cc2ccc(Cl)cc2)C1. The summed E-state index contributed by atoms with van der Waals surface area (Å²) in [4.78, 5) is 16.8. The van der Waals surface area contributed by atoms with Crippen LogP contribution in [0.5, 0.6) is 0 Å². The fourth-order valence-electron chi connectivity index (χ4n) is 3.62. The van der Waals surface area contributed by atoms with E-state index in [1.807, 2.05) is 12.1 Å².